The SMILES string of the molecule is CCc1c(C)nc(SCC(=O)N(CC)CC)c(C#N)c1C. The summed E-state index contributed by atoms with van der Waals surface area (Å²) in [6.07, 6.45) is 0.864. The quantitative estimate of drug-likeness (QED) is 0.758. The molecule has 0 aliphatic heterocycles. The molecule has 1 aromatic rings. The Morgan fingerprint density at radius 2 is 1.90 bits per heavy atom. The predicted octanol–water partition coefficient (Wildman–Crippen LogP) is 3.09. The van der Waals surface area contributed by atoms with Crippen molar-refractivity contribution in [3.8, 4) is 6.07 Å². The molecule has 21 heavy (non-hydrogen) atoms. The van der Waals surface area contributed by atoms with Gasteiger partial charge in [0.05, 0.1) is 11.3 Å². The Kier molecular flexibility index (Phi) is 6.70. The first-order valence-electron chi connectivity index (χ1n) is 7.30. The van der Waals surface area contributed by atoms with Crippen LogP contribution in [0.1, 0.15) is 43.2 Å². The van der Waals surface area contributed by atoms with E-state index in [1.807, 2.05) is 27.7 Å². The van der Waals surface area contributed by atoms with E-state index in [0.717, 1.165) is 23.2 Å². The third-order valence-electron chi connectivity index (χ3n) is 3.66. The molecule has 0 aromatic carbocycles. The number of nitriles is 1. The molecule has 0 unspecified atom stereocenters. The van der Waals surface area contributed by atoms with Gasteiger partial charge in [0.1, 0.15) is 11.1 Å². The minimum atomic E-state index is 0.0885. The summed E-state index contributed by atoms with van der Waals surface area (Å²) < 4.78 is 0. The monoisotopic (exact) mass is 305 g/mol. The lowest BCUT2D eigenvalue weighted by Crippen LogP contribution is -2.31. The Balaban J connectivity index is 3.00. The van der Waals surface area contributed by atoms with Crippen LogP contribution in [-0.2, 0) is 11.2 Å². The van der Waals surface area contributed by atoms with Crippen LogP contribution in [0, 0.1) is 25.2 Å². The summed E-state index contributed by atoms with van der Waals surface area (Å²) >= 11 is 1.36. The van der Waals surface area contributed by atoms with Crippen LogP contribution < -0.4 is 0 Å². The van der Waals surface area contributed by atoms with Crippen LogP contribution >= 0.6 is 11.8 Å². The molecule has 0 N–H and O–H groups in total. The molecule has 114 valence electrons. The van der Waals surface area contributed by atoms with Crippen molar-refractivity contribution in [1.29, 1.82) is 5.26 Å². The Morgan fingerprint density at radius 1 is 1.29 bits per heavy atom. The summed E-state index contributed by atoms with van der Waals surface area (Å²) in [5.74, 6) is 0.416. The largest absolute Gasteiger partial charge is 0.343 e. The van der Waals surface area contributed by atoms with Crippen LogP contribution in [0.5, 0.6) is 0 Å². The third-order valence-corrected chi connectivity index (χ3v) is 4.62. The van der Waals surface area contributed by atoms with E-state index in [9.17, 15) is 10.1 Å². The number of hydrogen-bond donors (Lipinski definition) is 0. The molecule has 0 radical (unpaired) electrons. The fourth-order valence-electron chi connectivity index (χ4n) is 2.41. The van der Waals surface area contributed by atoms with Crippen molar-refractivity contribution >= 4 is 17.7 Å². The number of aryl methyl sites for hydroxylation is 1. The molecule has 0 fully saturated rings. The zero-order valence-electron chi connectivity index (χ0n) is 13.5. The van der Waals surface area contributed by atoms with Gasteiger partial charge in [-0.2, -0.15) is 5.26 Å². The van der Waals surface area contributed by atoms with Crippen LogP contribution in [0.3, 0.4) is 0 Å². The van der Waals surface area contributed by atoms with Crippen molar-refractivity contribution in [2.45, 2.75) is 46.1 Å². The minimum absolute atomic E-state index is 0.0885. The molecule has 0 aliphatic rings. The maximum Gasteiger partial charge on any atom is 0.232 e. The lowest BCUT2D eigenvalue weighted by molar-refractivity contribution is -0.127. The molecular weight excluding hydrogens is 282 g/mol. The highest BCUT2D eigenvalue weighted by Gasteiger charge is 2.16. The van der Waals surface area contributed by atoms with Gasteiger partial charge in [0.15, 0.2) is 0 Å². The molecule has 0 saturated heterocycles. The topological polar surface area (TPSA) is 57.0 Å². The van der Waals surface area contributed by atoms with E-state index < -0.39 is 0 Å². The Labute approximate surface area is 131 Å². The molecule has 0 spiro atoms. The summed E-state index contributed by atoms with van der Waals surface area (Å²) in [6, 6.07) is 2.24. The highest BCUT2D eigenvalue weighted by atomic mass is 32.2. The molecular formula is C16H23N3OS. The number of pyridine rings is 1. The summed E-state index contributed by atoms with van der Waals surface area (Å²) in [7, 11) is 0. The second-order valence-corrected chi connectivity index (χ2v) is 5.77. The fourth-order valence-corrected chi connectivity index (χ4v) is 3.40. The molecule has 0 atom stereocenters. The molecule has 5 heteroatoms. The standard InChI is InChI=1S/C16H23N3OS/c1-6-13-11(4)14(9-17)16(18-12(13)5)21-10-15(20)19(7-2)8-3/h6-8,10H2,1-5H3. The Hall–Kier alpha value is -1.54. The lowest BCUT2D eigenvalue weighted by Gasteiger charge is -2.18. The average molecular weight is 305 g/mol. The zero-order chi connectivity index (χ0) is 16.0. The number of amides is 1. The van der Waals surface area contributed by atoms with Gasteiger partial charge < -0.3 is 4.90 Å². The Bertz CT molecular complexity index is 560. The van der Waals surface area contributed by atoms with Gasteiger partial charge in [-0.1, -0.05) is 18.7 Å². The summed E-state index contributed by atoms with van der Waals surface area (Å²) in [6.45, 7) is 11.3. The van der Waals surface area contributed by atoms with E-state index in [0.29, 0.717) is 29.4 Å². The number of aromatic nitrogens is 1. The van der Waals surface area contributed by atoms with E-state index in [1.54, 1.807) is 4.90 Å². The number of carbonyl (C=O) groups excluding carboxylic acids is 1. The number of carbonyl (C=O) groups is 1. The molecule has 0 bridgehead atoms. The smallest absolute Gasteiger partial charge is 0.232 e. The lowest BCUT2D eigenvalue weighted by atomic mass is 10.0. The zero-order valence-corrected chi connectivity index (χ0v) is 14.3. The molecule has 1 amide bonds. The van der Waals surface area contributed by atoms with E-state index in [1.165, 1.54) is 11.8 Å². The third kappa shape index (κ3) is 3.98. The van der Waals surface area contributed by atoms with Gasteiger partial charge in [-0.15, -0.1) is 0 Å². The second kappa shape index (κ2) is 8.04. The maximum atomic E-state index is 12.1. The molecule has 1 aromatic heterocycles. The molecule has 0 aliphatic carbocycles. The van der Waals surface area contributed by atoms with Gasteiger partial charge in [-0.25, -0.2) is 4.98 Å². The first-order valence-corrected chi connectivity index (χ1v) is 8.29. The van der Waals surface area contributed by atoms with Crippen molar-refractivity contribution in [3.05, 3.63) is 22.4 Å². The van der Waals surface area contributed by atoms with Gasteiger partial charge in [0.2, 0.25) is 5.91 Å². The van der Waals surface area contributed by atoms with Gasteiger partial charge in [-0.3, -0.25) is 4.79 Å². The van der Waals surface area contributed by atoms with Crippen LogP contribution in [0.2, 0.25) is 0 Å². The first-order chi connectivity index (χ1) is 9.99. The van der Waals surface area contributed by atoms with Crippen LogP contribution in [0.25, 0.3) is 0 Å². The van der Waals surface area contributed by atoms with Crippen molar-refractivity contribution < 1.29 is 4.79 Å². The molecule has 0 saturated carbocycles. The van der Waals surface area contributed by atoms with Crippen LogP contribution in [0.15, 0.2) is 5.03 Å². The first kappa shape index (κ1) is 17.5. The van der Waals surface area contributed by atoms with Crippen molar-refractivity contribution in [2.75, 3.05) is 18.8 Å². The van der Waals surface area contributed by atoms with Crippen molar-refractivity contribution in [3.63, 3.8) is 0 Å². The van der Waals surface area contributed by atoms with Crippen LogP contribution in [-0.4, -0.2) is 34.6 Å². The molecule has 1 rings (SSSR count). The van der Waals surface area contributed by atoms with Gasteiger partial charge >= 0.3 is 0 Å². The Morgan fingerprint density at radius 3 is 2.38 bits per heavy atom. The van der Waals surface area contributed by atoms with E-state index in [-0.39, 0.29) is 5.91 Å². The van der Waals surface area contributed by atoms with Gasteiger partial charge in [0.25, 0.3) is 0 Å². The van der Waals surface area contributed by atoms with Crippen LogP contribution in [0.4, 0.5) is 0 Å². The van der Waals surface area contributed by atoms with E-state index >= 15 is 0 Å². The summed E-state index contributed by atoms with van der Waals surface area (Å²) in [5.41, 5.74) is 3.68. The normalized spacial score (nSPS) is 10.3. The number of hydrogen-bond acceptors (Lipinski definition) is 4. The minimum Gasteiger partial charge on any atom is -0.343 e. The van der Waals surface area contributed by atoms with E-state index in [2.05, 4.69) is 18.0 Å². The molecule has 4 nitrogen and oxygen atoms in total. The van der Waals surface area contributed by atoms with Crippen molar-refractivity contribution in [1.82, 2.24) is 9.88 Å². The molecule has 1 heterocycles. The highest BCUT2D eigenvalue weighted by Crippen LogP contribution is 2.27. The van der Waals surface area contributed by atoms with E-state index in [4.69, 9.17) is 0 Å². The highest BCUT2D eigenvalue weighted by molar-refractivity contribution is 8.00. The number of rotatable bonds is 6. The average Bonchev–Trinajstić information content (AvgIpc) is 2.46. The van der Waals surface area contributed by atoms with Gasteiger partial charge in [0, 0.05) is 18.8 Å². The summed E-state index contributed by atoms with van der Waals surface area (Å²) in [4.78, 5) is 18.4. The van der Waals surface area contributed by atoms with Gasteiger partial charge in [-0.05, 0) is 45.2 Å². The second-order valence-electron chi connectivity index (χ2n) is 4.80. The predicted molar refractivity (Wildman–Crippen MR) is 86.5 cm³/mol. The number of nitrogens with zero attached hydrogens (tertiary/aromatic N) is 3. The summed E-state index contributed by atoms with van der Waals surface area (Å²) in [5, 5.41) is 10.0. The number of thioether (sulfide) groups is 1. The van der Waals surface area contributed by atoms with Crippen molar-refractivity contribution in [2.24, 2.45) is 0 Å². The fraction of sp³-hybridized carbons (Fsp3) is 0.562. The maximum absolute atomic E-state index is 12.1.